The van der Waals surface area contributed by atoms with Gasteiger partial charge < -0.3 is 19.7 Å². The van der Waals surface area contributed by atoms with Crippen molar-refractivity contribution in [2.75, 3.05) is 56.2 Å². The van der Waals surface area contributed by atoms with Crippen LogP contribution in [0.25, 0.3) is 0 Å². The average molecular weight is 420 g/mol. The number of anilines is 2. The standard InChI is InChI=1S/C19H25N5O4S/c1-3-20-18-13-19(22-14(2)21-18)23-6-8-24(9-7-23)29(25,26)15-4-5-16-17(12-15)28-11-10-27-16/h4-5,12-13H,3,6-11H2,1-2H3,(H,20,21,22). The third-order valence-corrected chi connectivity index (χ3v) is 6.79. The summed E-state index contributed by atoms with van der Waals surface area (Å²) < 4.78 is 38.7. The Labute approximate surface area is 170 Å². The SMILES string of the molecule is CCNc1cc(N2CCN(S(=O)(=O)c3ccc4c(c3)OCCO4)CC2)nc(C)n1. The molecule has 0 saturated carbocycles. The molecule has 29 heavy (non-hydrogen) atoms. The Balaban J connectivity index is 1.48. The monoisotopic (exact) mass is 419 g/mol. The van der Waals surface area contributed by atoms with E-state index < -0.39 is 10.0 Å². The van der Waals surface area contributed by atoms with Crippen molar-refractivity contribution >= 4 is 21.7 Å². The summed E-state index contributed by atoms with van der Waals surface area (Å²) in [6.07, 6.45) is 0. The van der Waals surface area contributed by atoms with Gasteiger partial charge in [-0.25, -0.2) is 18.4 Å². The number of aromatic nitrogens is 2. The van der Waals surface area contributed by atoms with Gasteiger partial charge in [-0.05, 0) is 26.0 Å². The zero-order valence-corrected chi connectivity index (χ0v) is 17.4. The molecule has 1 fully saturated rings. The van der Waals surface area contributed by atoms with Crippen molar-refractivity contribution in [2.45, 2.75) is 18.7 Å². The molecule has 1 N–H and O–H groups in total. The van der Waals surface area contributed by atoms with E-state index >= 15 is 0 Å². The van der Waals surface area contributed by atoms with Crippen molar-refractivity contribution in [2.24, 2.45) is 0 Å². The summed E-state index contributed by atoms with van der Waals surface area (Å²) in [4.78, 5) is 11.2. The van der Waals surface area contributed by atoms with Gasteiger partial charge in [-0.3, -0.25) is 0 Å². The summed E-state index contributed by atoms with van der Waals surface area (Å²) in [5, 5.41) is 3.20. The van der Waals surface area contributed by atoms with Crippen molar-refractivity contribution in [3.63, 3.8) is 0 Å². The van der Waals surface area contributed by atoms with Crippen LogP contribution >= 0.6 is 0 Å². The quantitative estimate of drug-likeness (QED) is 0.779. The van der Waals surface area contributed by atoms with E-state index in [9.17, 15) is 8.42 Å². The van der Waals surface area contributed by atoms with E-state index in [0.717, 1.165) is 18.2 Å². The summed E-state index contributed by atoms with van der Waals surface area (Å²) in [6, 6.07) is 6.68. The summed E-state index contributed by atoms with van der Waals surface area (Å²) in [7, 11) is -3.60. The number of ether oxygens (including phenoxy) is 2. The van der Waals surface area contributed by atoms with Crippen LogP contribution in [0.2, 0.25) is 0 Å². The minimum atomic E-state index is -3.60. The van der Waals surface area contributed by atoms with Crippen molar-refractivity contribution in [3.8, 4) is 11.5 Å². The van der Waals surface area contributed by atoms with Gasteiger partial charge in [0.15, 0.2) is 11.5 Å². The first-order valence-corrected chi connectivity index (χ1v) is 11.2. The molecule has 0 bridgehead atoms. The second-order valence-corrected chi connectivity index (χ2v) is 8.82. The maximum Gasteiger partial charge on any atom is 0.243 e. The van der Waals surface area contributed by atoms with E-state index in [1.165, 1.54) is 4.31 Å². The Morgan fingerprint density at radius 3 is 2.48 bits per heavy atom. The Kier molecular flexibility index (Phi) is 5.46. The molecule has 0 spiro atoms. The zero-order chi connectivity index (χ0) is 20.4. The predicted molar refractivity (Wildman–Crippen MR) is 109 cm³/mol. The summed E-state index contributed by atoms with van der Waals surface area (Å²) in [6.45, 7) is 7.43. The Morgan fingerprint density at radius 2 is 1.76 bits per heavy atom. The van der Waals surface area contributed by atoms with E-state index in [-0.39, 0.29) is 4.90 Å². The van der Waals surface area contributed by atoms with Crippen molar-refractivity contribution in [1.29, 1.82) is 0 Å². The number of aryl methyl sites for hydroxylation is 1. The lowest BCUT2D eigenvalue weighted by Crippen LogP contribution is -2.49. The largest absolute Gasteiger partial charge is 0.486 e. The van der Waals surface area contributed by atoms with E-state index in [1.807, 2.05) is 19.9 Å². The lowest BCUT2D eigenvalue weighted by molar-refractivity contribution is 0.171. The third kappa shape index (κ3) is 4.08. The van der Waals surface area contributed by atoms with Gasteiger partial charge in [-0.15, -0.1) is 0 Å². The third-order valence-electron chi connectivity index (χ3n) is 4.90. The molecular weight excluding hydrogens is 394 g/mol. The van der Waals surface area contributed by atoms with Crippen LogP contribution in [0, 0.1) is 6.92 Å². The number of nitrogens with one attached hydrogen (secondary N) is 1. The van der Waals surface area contributed by atoms with Crippen LogP contribution < -0.4 is 19.7 Å². The molecule has 2 aliphatic heterocycles. The topological polar surface area (TPSA) is 96.9 Å². The number of benzene rings is 1. The Hall–Kier alpha value is -2.59. The first-order valence-electron chi connectivity index (χ1n) is 9.71. The highest BCUT2D eigenvalue weighted by atomic mass is 32.2. The normalized spacial score (nSPS) is 17.2. The molecule has 2 aromatic rings. The van der Waals surface area contributed by atoms with E-state index in [2.05, 4.69) is 20.2 Å². The number of rotatable bonds is 5. The minimum absolute atomic E-state index is 0.225. The van der Waals surface area contributed by atoms with E-state index in [1.54, 1.807) is 18.2 Å². The second-order valence-electron chi connectivity index (χ2n) is 6.89. The predicted octanol–water partition coefficient (Wildman–Crippen LogP) is 1.50. The van der Waals surface area contributed by atoms with Gasteiger partial charge in [0.2, 0.25) is 10.0 Å². The highest BCUT2D eigenvalue weighted by molar-refractivity contribution is 7.89. The van der Waals surface area contributed by atoms with Crippen LogP contribution in [0.1, 0.15) is 12.7 Å². The first kappa shape index (κ1) is 19.7. The van der Waals surface area contributed by atoms with Crippen LogP contribution in [0.4, 0.5) is 11.6 Å². The Morgan fingerprint density at radius 1 is 1.03 bits per heavy atom. The van der Waals surface area contributed by atoms with Gasteiger partial charge in [0.25, 0.3) is 0 Å². The van der Waals surface area contributed by atoms with Crippen molar-refractivity contribution in [1.82, 2.24) is 14.3 Å². The van der Waals surface area contributed by atoms with Gasteiger partial charge >= 0.3 is 0 Å². The lowest BCUT2D eigenvalue weighted by atomic mass is 10.3. The average Bonchev–Trinajstić information content (AvgIpc) is 2.73. The van der Waals surface area contributed by atoms with Gasteiger partial charge in [0.1, 0.15) is 30.7 Å². The van der Waals surface area contributed by atoms with Crippen LogP contribution in [0.3, 0.4) is 0 Å². The first-order chi connectivity index (χ1) is 14.0. The van der Waals surface area contributed by atoms with Crippen LogP contribution in [-0.2, 0) is 10.0 Å². The Bertz CT molecular complexity index is 990. The minimum Gasteiger partial charge on any atom is -0.486 e. The van der Waals surface area contributed by atoms with E-state index in [0.29, 0.717) is 56.7 Å². The van der Waals surface area contributed by atoms with Crippen LogP contribution in [-0.4, -0.2) is 68.6 Å². The maximum atomic E-state index is 13.1. The number of hydrogen-bond acceptors (Lipinski definition) is 8. The molecule has 156 valence electrons. The molecule has 4 rings (SSSR count). The fourth-order valence-corrected chi connectivity index (χ4v) is 4.91. The highest BCUT2D eigenvalue weighted by Gasteiger charge is 2.30. The molecule has 0 amide bonds. The molecule has 9 nitrogen and oxygen atoms in total. The molecule has 0 unspecified atom stereocenters. The molecule has 0 aliphatic carbocycles. The highest BCUT2D eigenvalue weighted by Crippen LogP contribution is 2.33. The molecular formula is C19H25N5O4S. The second kappa shape index (κ2) is 8.03. The summed E-state index contributed by atoms with van der Waals surface area (Å²) in [5.41, 5.74) is 0. The summed E-state index contributed by atoms with van der Waals surface area (Å²) >= 11 is 0. The van der Waals surface area contributed by atoms with Crippen molar-refractivity contribution < 1.29 is 17.9 Å². The molecule has 1 aromatic carbocycles. The van der Waals surface area contributed by atoms with Gasteiger partial charge in [-0.1, -0.05) is 0 Å². The van der Waals surface area contributed by atoms with Gasteiger partial charge in [0.05, 0.1) is 4.90 Å². The molecule has 1 aromatic heterocycles. The zero-order valence-electron chi connectivity index (χ0n) is 16.6. The molecule has 1 saturated heterocycles. The number of sulfonamides is 1. The number of nitrogens with zero attached hydrogens (tertiary/aromatic N) is 4. The van der Waals surface area contributed by atoms with E-state index in [4.69, 9.17) is 9.47 Å². The molecule has 0 radical (unpaired) electrons. The fourth-order valence-electron chi connectivity index (χ4n) is 3.48. The van der Waals surface area contributed by atoms with Gasteiger partial charge in [-0.2, -0.15) is 4.31 Å². The molecule has 10 heteroatoms. The van der Waals surface area contributed by atoms with Gasteiger partial charge in [0, 0.05) is 44.9 Å². The maximum absolute atomic E-state index is 13.1. The lowest BCUT2D eigenvalue weighted by Gasteiger charge is -2.35. The van der Waals surface area contributed by atoms with Crippen molar-refractivity contribution in [3.05, 3.63) is 30.1 Å². The summed E-state index contributed by atoms with van der Waals surface area (Å²) in [5.74, 6) is 3.33. The molecule has 2 aliphatic rings. The number of hydrogen-bond donors (Lipinski definition) is 1. The number of piperazine rings is 1. The molecule has 0 atom stereocenters. The van der Waals surface area contributed by atoms with Crippen LogP contribution in [0.5, 0.6) is 11.5 Å². The smallest absolute Gasteiger partial charge is 0.243 e. The molecule has 3 heterocycles. The van der Waals surface area contributed by atoms with Crippen LogP contribution in [0.15, 0.2) is 29.2 Å². The fraction of sp³-hybridized carbons (Fsp3) is 0.474. The number of fused-ring (bicyclic) bond motifs is 1.